The lowest BCUT2D eigenvalue weighted by Gasteiger charge is -2.00. The smallest absolute Gasteiger partial charge is 0.331 e. The van der Waals surface area contributed by atoms with Gasteiger partial charge < -0.3 is 14.1 Å². The molecule has 0 saturated heterocycles. The van der Waals surface area contributed by atoms with E-state index in [0.29, 0.717) is 12.1 Å². The van der Waals surface area contributed by atoms with Crippen LogP contribution >= 0.6 is 0 Å². The average Bonchev–Trinajstić information content (AvgIpc) is 3.14. The van der Waals surface area contributed by atoms with Crippen LogP contribution in [0.25, 0.3) is 21.9 Å². The molecular formula is C20H17N3O3. The van der Waals surface area contributed by atoms with Crippen molar-refractivity contribution in [3.05, 3.63) is 59.9 Å². The SMILES string of the molecule is CCn1c(O)c(N=NC(=O)c2oc3ccccc3c2C)c2ccccc21. The molecule has 0 aliphatic carbocycles. The van der Waals surface area contributed by atoms with Gasteiger partial charge in [-0.25, -0.2) is 0 Å². The van der Waals surface area contributed by atoms with Crippen molar-refractivity contribution in [2.24, 2.45) is 10.2 Å². The number of carbonyl (C=O) groups excluding carboxylic acids is 1. The minimum Gasteiger partial charge on any atom is -0.493 e. The van der Waals surface area contributed by atoms with Gasteiger partial charge in [-0.05, 0) is 26.0 Å². The monoisotopic (exact) mass is 347 g/mol. The molecule has 130 valence electrons. The average molecular weight is 347 g/mol. The molecule has 0 fully saturated rings. The Labute approximate surface area is 149 Å². The van der Waals surface area contributed by atoms with Crippen molar-refractivity contribution in [2.75, 3.05) is 0 Å². The summed E-state index contributed by atoms with van der Waals surface area (Å²) in [5.41, 5.74) is 2.48. The summed E-state index contributed by atoms with van der Waals surface area (Å²) in [4.78, 5) is 12.5. The number of azo groups is 1. The number of hydrogen-bond donors (Lipinski definition) is 1. The molecule has 0 aliphatic heterocycles. The number of carbonyl (C=O) groups is 1. The summed E-state index contributed by atoms with van der Waals surface area (Å²) in [6.45, 7) is 4.32. The Hall–Kier alpha value is -3.41. The Kier molecular flexibility index (Phi) is 3.80. The van der Waals surface area contributed by atoms with Gasteiger partial charge in [-0.1, -0.05) is 36.4 Å². The first-order chi connectivity index (χ1) is 12.6. The van der Waals surface area contributed by atoms with Crippen molar-refractivity contribution >= 4 is 33.5 Å². The molecule has 0 unspecified atom stereocenters. The maximum Gasteiger partial charge on any atom is 0.331 e. The lowest BCUT2D eigenvalue weighted by Crippen LogP contribution is -1.93. The van der Waals surface area contributed by atoms with Gasteiger partial charge >= 0.3 is 5.91 Å². The summed E-state index contributed by atoms with van der Waals surface area (Å²) in [5.74, 6) is -0.424. The first-order valence-corrected chi connectivity index (χ1v) is 8.36. The Morgan fingerprint density at radius 1 is 1.12 bits per heavy atom. The van der Waals surface area contributed by atoms with Gasteiger partial charge in [0.2, 0.25) is 5.88 Å². The lowest BCUT2D eigenvalue weighted by atomic mass is 10.1. The normalized spacial score (nSPS) is 11.8. The fraction of sp³-hybridized carbons (Fsp3) is 0.150. The van der Waals surface area contributed by atoms with Gasteiger partial charge in [0.15, 0.2) is 11.4 Å². The number of rotatable bonds is 3. The number of furan rings is 1. The van der Waals surface area contributed by atoms with E-state index in [9.17, 15) is 9.90 Å². The maximum atomic E-state index is 12.5. The first-order valence-electron chi connectivity index (χ1n) is 8.36. The number of aryl methyl sites for hydroxylation is 2. The Bertz CT molecular complexity index is 1170. The summed E-state index contributed by atoms with van der Waals surface area (Å²) in [5, 5.41) is 19.9. The van der Waals surface area contributed by atoms with E-state index in [2.05, 4.69) is 10.2 Å². The zero-order valence-electron chi connectivity index (χ0n) is 14.4. The number of benzene rings is 2. The van der Waals surface area contributed by atoms with Crippen molar-refractivity contribution < 1.29 is 14.3 Å². The van der Waals surface area contributed by atoms with Crippen LogP contribution in [0.4, 0.5) is 5.69 Å². The predicted octanol–water partition coefficient (Wildman–Crippen LogP) is 5.35. The first kappa shape index (κ1) is 16.1. The Morgan fingerprint density at radius 2 is 1.81 bits per heavy atom. The zero-order chi connectivity index (χ0) is 18.3. The molecule has 6 nitrogen and oxygen atoms in total. The van der Waals surface area contributed by atoms with Crippen LogP contribution in [0, 0.1) is 6.92 Å². The van der Waals surface area contributed by atoms with E-state index in [4.69, 9.17) is 4.42 Å². The molecular weight excluding hydrogens is 330 g/mol. The number of fused-ring (bicyclic) bond motifs is 2. The summed E-state index contributed by atoms with van der Waals surface area (Å²) >= 11 is 0. The molecule has 26 heavy (non-hydrogen) atoms. The van der Waals surface area contributed by atoms with Crippen LogP contribution in [0.1, 0.15) is 23.0 Å². The fourth-order valence-electron chi connectivity index (χ4n) is 3.21. The van der Waals surface area contributed by atoms with E-state index in [-0.39, 0.29) is 17.3 Å². The molecule has 0 radical (unpaired) electrons. The standard InChI is InChI=1S/C20H17N3O3/c1-3-23-15-10-6-4-9-14(15)17(20(23)25)21-22-19(24)18-12(2)13-8-5-7-11-16(13)26-18/h4-11,25H,3H2,1-2H3. The van der Waals surface area contributed by atoms with Crippen LogP contribution in [0.15, 0.2) is 63.2 Å². The van der Waals surface area contributed by atoms with Crippen molar-refractivity contribution in [1.29, 1.82) is 0 Å². The molecule has 1 N–H and O–H groups in total. The highest BCUT2D eigenvalue weighted by molar-refractivity contribution is 6.00. The zero-order valence-corrected chi connectivity index (χ0v) is 14.4. The van der Waals surface area contributed by atoms with Crippen LogP contribution in [0.5, 0.6) is 5.88 Å². The molecule has 1 amide bonds. The van der Waals surface area contributed by atoms with Gasteiger partial charge in [0.25, 0.3) is 0 Å². The summed E-state index contributed by atoms with van der Waals surface area (Å²) in [7, 11) is 0. The number of aromatic nitrogens is 1. The molecule has 0 atom stereocenters. The molecule has 2 heterocycles. The molecule has 0 saturated carbocycles. The summed E-state index contributed by atoms with van der Waals surface area (Å²) in [6, 6.07) is 14.9. The second-order valence-electron chi connectivity index (χ2n) is 5.99. The van der Waals surface area contributed by atoms with E-state index in [0.717, 1.165) is 21.9 Å². The van der Waals surface area contributed by atoms with E-state index < -0.39 is 5.91 Å². The topological polar surface area (TPSA) is 80.1 Å². The van der Waals surface area contributed by atoms with Crippen molar-refractivity contribution in [3.63, 3.8) is 0 Å². The van der Waals surface area contributed by atoms with Crippen molar-refractivity contribution in [1.82, 2.24) is 4.57 Å². The number of nitrogens with zero attached hydrogens (tertiary/aromatic N) is 3. The second-order valence-corrected chi connectivity index (χ2v) is 5.99. The van der Waals surface area contributed by atoms with E-state index in [1.807, 2.05) is 56.3 Å². The van der Waals surface area contributed by atoms with Crippen LogP contribution in [0.3, 0.4) is 0 Å². The van der Waals surface area contributed by atoms with E-state index >= 15 is 0 Å². The highest BCUT2D eigenvalue weighted by Crippen LogP contribution is 2.38. The van der Waals surface area contributed by atoms with E-state index in [1.54, 1.807) is 10.6 Å². The number of hydrogen-bond acceptors (Lipinski definition) is 4. The van der Waals surface area contributed by atoms with Gasteiger partial charge in [-0.15, -0.1) is 10.2 Å². The molecule has 6 heteroatoms. The fourth-order valence-corrected chi connectivity index (χ4v) is 3.21. The molecule has 4 aromatic rings. The van der Waals surface area contributed by atoms with Crippen molar-refractivity contribution in [2.45, 2.75) is 20.4 Å². The minimum atomic E-state index is -0.577. The Balaban J connectivity index is 1.76. The van der Waals surface area contributed by atoms with Crippen LogP contribution < -0.4 is 0 Å². The third-order valence-electron chi connectivity index (χ3n) is 4.51. The Morgan fingerprint density at radius 3 is 2.54 bits per heavy atom. The van der Waals surface area contributed by atoms with Gasteiger partial charge in [0.1, 0.15) is 5.58 Å². The van der Waals surface area contributed by atoms with Crippen molar-refractivity contribution in [3.8, 4) is 5.88 Å². The predicted molar refractivity (Wildman–Crippen MR) is 99.1 cm³/mol. The molecule has 0 spiro atoms. The van der Waals surface area contributed by atoms with Crippen LogP contribution in [0.2, 0.25) is 0 Å². The van der Waals surface area contributed by atoms with Gasteiger partial charge in [-0.2, -0.15) is 0 Å². The summed E-state index contributed by atoms with van der Waals surface area (Å²) < 4.78 is 7.34. The third-order valence-corrected chi connectivity index (χ3v) is 4.51. The maximum absolute atomic E-state index is 12.5. The number of amides is 1. The molecule has 2 aromatic heterocycles. The number of para-hydroxylation sites is 2. The van der Waals surface area contributed by atoms with E-state index in [1.165, 1.54) is 0 Å². The van der Waals surface area contributed by atoms with Crippen LogP contribution in [-0.4, -0.2) is 15.6 Å². The minimum absolute atomic E-state index is 0.00780. The third kappa shape index (κ3) is 2.38. The summed E-state index contributed by atoms with van der Waals surface area (Å²) in [6.07, 6.45) is 0. The highest BCUT2D eigenvalue weighted by atomic mass is 16.3. The van der Waals surface area contributed by atoms with Gasteiger partial charge in [0.05, 0.1) is 5.52 Å². The molecule has 0 aliphatic rings. The molecule has 4 rings (SSSR count). The van der Waals surface area contributed by atoms with Gasteiger partial charge in [-0.3, -0.25) is 4.79 Å². The van der Waals surface area contributed by atoms with Gasteiger partial charge in [0, 0.05) is 22.9 Å². The quantitative estimate of drug-likeness (QED) is 0.508. The molecule has 0 bridgehead atoms. The highest BCUT2D eigenvalue weighted by Gasteiger charge is 2.19. The number of aromatic hydroxyl groups is 1. The lowest BCUT2D eigenvalue weighted by molar-refractivity contribution is 0.0970. The second kappa shape index (κ2) is 6.15. The largest absolute Gasteiger partial charge is 0.493 e. The van der Waals surface area contributed by atoms with Crippen LogP contribution in [-0.2, 0) is 6.54 Å². The molecule has 2 aromatic carbocycles.